The van der Waals surface area contributed by atoms with E-state index in [0.717, 1.165) is 44.6 Å². The summed E-state index contributed by atoms with van der Waals surface area (Å²) in [6.45, 7) is 1.57. The normalized spacial score (nSPS) is 28.9. The van der Waals surface area contributed by atoms with Gasteiger partial charge in [0.05, 0.1) is 12.7 Å². The van der Waals surface area contributed by atoms with Gasteiger partial charge in [-0.2, -0.15) is 0 Å². The highest BCUT2D eigenvalue weighted by Gasteiger charge is 2.43. The van der Waals surface area contributed by atoms with Crippen LogP contribution < -0.4 is 20.9 Å². The van der Waals surface area contributed by atoms with E-state index in [1.165, 1.54) is 12.7 Å². The van der Waals surface area contributed by atoms with Crippen LogP contribution in [0.3, 0.4) is 0 Å². The molecule has 1 aromatic rings. The van der Waals surface area contributed by atoms with Crippen LogP contribution in [-0.4, -0.2) is 40.9 Å². The Bertz CT molecular complexity index is 512. The van der Waals surface area contributed by atoms with Crippen LogP contribution in [0.15, 0.2) is 6.33 Å². The molecule has 2 fully saturated rings. The molecule has 21 heavy (non-hydrogen) atoms. The molecule has 0 radical (unpaired) electrons. The fourth-order valence-electron chi connectivity index (χ4n) is 3.64. The Hall–Kier alpha value is -1.60. The molecule has 116 valence electrons. The standard InChI is InChI=1S/C14H23N5O2/c1-21-11-12(18-15)16-9-17-13(11)19-7-6-14(20)5-3-2-4-10(14)8-19/h9-10,20H,2-8,15H2,1H3,(H,16,17,18). The van der Waals surface area contributed by atoms with Gasteiger partial charge in [0.25, 0.3) is 0 Å². The number of methoxy groups -OCH3 is 1. The van der Waals surface area contributed by atoms with Gasteiger partial charge < -0.3 is 20.2 Å². The highest BCUT2D eigenvalue weighted by atomic mass is 16.5. The third-order valence-corrected chi connectivity index (χ3v) is 4.85. The zero-order valence-electron chi connectivity index (χ0n) is 12.4. The Morgan fingerprint density at radius 2 is 2.29 bits per heavy atom. The number of nitrogen functional groups attached to an aromatic ring is 1. The molecule has 1 saturated heterocycles. The molecule has 0 bridgehead atoms. The smallest absolute Gasteiger partial charge is 0.205 e. The number of nitrogens with one attached hydrogen (secondary N) is 1. The van der Waals surface area contributed by atoms with Gasteiger partial charge in [0.2, 0.25) is 5.75 Å². The Kier molecular flexibility index (Phi) is 3.86. The number of rotatable bonds is 3. The lowest BCUT2D eigenvalue weighted by atomic mass is 9.71. The van der Waals surface area contributed by atoms with E-state index in [1.54, 1.807) is 7.11 Å². The van der Waals surface area contributed by atoms with Crippen LogP contribution in [0.25, 0.3) is 0 Å². The number of nitrogens with two attached hydrogens (primary N) is 1. The third-order valence-electron chi connectivity index (χ3n) is 4.85. The zero-order valence-corrected chi connectivity index (χ0v) is 12.4. The molecule has 2 unspecified atom stereocenters. The summed E-state index contributed by atoms with van der Waals surface area (Å²) in [4.78, 5) is 10.6. The monoisotopic (exact) mass is 293 g/mol. The molecule has 2 aliphatic rings. The van der Waals surface area contributed by atoms with Gasteiger partial charge in [-0.3, -0.25) is 0 Å². The van der Waals surface area contributed by atoms with Crippen molar-refractivity contribution in [2.45, 2.75) is 37.7 Å². The predicted molar refractivity (Wildman–Crippen MR) is 80.1 cm³/mol. The lowest BCUT2D eigenvalue weighted by Crippen LogP contribution is -2.53. The lowest BCUT2D eigenvalue weighted by Gasteiger charge is -2.47. The van der Waals surface area contributed by atoms with E-state index in [4.69, 9.17) is 10.6 Å². The molecule has 1 aromatic heterocycles. The second-order valence-corrected chi connectivity index (χ2v) is 5.97. The lowest BCUT2D eigenvalue weighted by molar-refractivity contribution is -0.0614. The van der Waals surface area contributed by atoms with E-state index < -0.39 is 5.60 Å². The van der Waals surface area contributed by atoms with Crippen LogP contribution in [0.1, 0.15) is 32.1 Å². The van der Waals surface area contributed by atoms with Gasteiger partial charge in [-0.05, 0) is 19.3 Å². The third kappa shape index (κ3) is 2.51. The average molecular weight is 293 g/mol. The fourth-order valence-corrected chi connectivity index (χ4v) is 3.64. The minimum atomic E-state index is -0.496. The summed E-state index contributed by atoms with van der Waals surface area (Å²) in [5.74, 6) is 7.55. The van der Waals surface area contributed by atoms with Gasteiger partial charge in [0.1, 0.15) is 6.33 Å². The van der Waals surface area contributed by atoms with Gasteiger partial charge >= 0.3 is 0 Å². The largest absolute Gasteiger partial charge is 0.490 e. The summed E-state index contributed by atoms with van der Waals surface area (Å²) >= 11 is 0. The Labute approximate surface area is 124 Å². The highest BCUT2D eigenvalue weighted by Crippen LogP contribution is 2.42. The van der Waals surface area contributed by atoms with E-state index in [1.807, 2.05) is 0 Å². The molecule has 1 aliphatic carbocycles. The van der Waals surface area contributed by atoms with Crippen LogP contribution in [0.5, 0.6) is 5.75 Å². The maximum atomic E-state index is 10.8. The Balaban J connectivity index is 1.85. The number of hydrazine groups is 1. The number of ether oxygens (including phenoxy) is 1. The van der Waals surface area contributed by atoms with Crippen molar-refractivity contribution < 1.29 is 9.84 Å². The first-order valence-electron chi connectivity index (χ1n) is 7.51. The van der Waals surface area contributed by atoms with Crippen LogP contribution in [0.2, 0.25) is 0 Å². The number of fused-ring (bicyclic) bond motifs is 1. The average Bonchev–Trinajstić information content (AvgIpc) is 2.53. The van der Waals surface area contributed by atoms with E-state index >= 15 is 0 Å². The summed E-state index contributed by atoms with van der Waals surface area (Å²) in [5.41, 5.74) is 2.04. The van der Waals surface area contributed by atoms with Gasteiger partial charge in [0.15, 0.2) is 11.6 Å². The molecular formula is C14H23N5O2. The topological polar surface area (TPSA) is 96.5 Å². The maximum Gasteiger partial charge on any atom is 0.205 e. The van der Waals surface area contributed by atoms with Crippen molar-refractivity contribution in [3.8, 4) is 5.75 Å². The number of nitrogens with zero attached hydrogens (tertiary/aromatic N) is 3. The van der Waals surface area contributed by atoms with Crippen LogP contribution in [0, 0.1) is 5.92 Å². The van der Waals surface area contributed by atoms with Crippen molar-refractivity contribution in [3.05, 3.63) is 6.33 Å². The number of hydrogen-bond acceptors (Lipinski definition) is 7. The van der Waals surface area contributed by atoms with Crippen molar-refractivity contribution in [1.82, 2.24) is 9.97 Å². The van der Waals surface area contributed by atoms with E-state index in [0.29, 0.717) is 17.5 Å². The second-order valence-electron chi connectivity index (χ2n) is 5.97. The second kappa shape index (κ2) is 5.65. The van der Waals surface area contributed by atoms with Crippen LogP contribution in [0.4, 0.5) is 11.6 Å². The minimum absolute atomic E-state index is 0.300. The fraction of sp³-hybridized carbons (Fsp3) is 0.714. The van der Waals surface area contributed by atoms with Gasteiger partial charge in [-0.15, -0.1) is 0 Å². The molecule has 0 aromatic carbocycles. The van der Waals surface area contributed by atoms with Crippen molar-refractivity contribution in [3.63, 3.8) is 0 Å². The number of aliphatic hydroxyl groups is 1. The first-order chi connectivity index (χ1) is 10.2. The number of hydrogen-bond donors (Lipinski definition) is 3. The first kappa shape index (κ1) is 14.3. The first-order valence-corrected chi connectivity index (χ1v) is 7.51. The van der Waals surface area contributed by atoms with Crippen molar-refractivity contribution >= 4 is 11.6 Å². The van der Waals surface area contributed by atoms with Crippen LogP contribution in [-0.2, 0) is 0 Å². The quantitative estimate of drug-likeness (QED) is 0.563. The molecular weight excluding hydrogens is 270 g/mol. The summed E-state index contributed by atoms with van der Waals surface area (Å²) < 4.78 is 5.41. The molecule has 0 spiro atoms. The summed E-state index contributed by atoms with van der Waals surface area (Å²) in [5, 5.41) is 10.8. The molecule has 0 amide bonds. The molecule has 7 heteroatoms. The highest BCUT2D eigenvalue weighted by molar-refractivity contribution is 5.64. The van der Waals surface area contributed by atoms with Gasteiger partial charge in [0, 0.05) is 19.0 Å². The number of anilines is 2. The Morgan fingerprint density at radius 1 is 1.43 bits per heavy atom. The van der Waals surface area contributed by atoms with Crippen molar-refractivity contribution in [1.29, 1.82) is 0 Å². The summed E-state index contributed by atoms with van der Waals surface area (Å²) in [6, 6.07) is 0. The molecule has 4 N–H and O–H groups in total. The van der Waals surface area contributed by atoms with E-state index in [-0.39, 0.29) is 0 Å². The molecule has 3 rings (SSSR count). The molecule has 7 nitrogen and oxygen atoms in total. The van der Waals surface area contributed by atoms with E-state index in [2.05, 4.69) is 20.3 Å². The predicted octanol–water partition coefficient (Wildman–Crippen LogP) is 0.902. The van der Waals surface area contributed by atoms with Crippen LogP contribution >= 0.6 is 0 Å². The minimum Gasteiger partial charge on any atom is -0.490 e. The van der Waals surface area contributed by atoms with Gasteiger partial charge in [-0.25, -0.2) is 15.8 Å². The zero-order chi connectivity index (χ0) is 14.9. The Morgan fingerprint density at radius 3 is 3.05 bits per heavy atom. The van der Waals surface area contributed by atoms with E-state index in [9.17, 15) is 5.11 Å². The van der Waals surface area contributed by atoms with Crippen molar-refractivity contribution in [2.24, 2.45) is 11.8 Å². The maximum absolute atomic E-state index is 10.8. The molecule has 1 aliphatic heterocycles. The SMILES string of the molecule is COc1c(NN)ncnc1N1CCC2(O)CCCCC2C1. The summed E-state index contributed by atoms with van der Waals surface area (Å²) in [6.07, 6.45) is 6.57. The molecule has 2 atom stereocenters. The summed E-state index contributed by atoms with van der Waals surface area (Å²) in [7, 11) is 1.59. The number of aromatic nitrogens is 2. The molecule has 2 heterocycles. The van der Waals surface area contributed by atoms with Crippen molar-refractivity contribution in [2.75, 3.05) is 30.5 Å². The number of piperidine rings is 1. The molecule has 1 saturated carbocycles. The van der Waals surface area contributed by atoms with Gasteiger partial charge in [-0.1, -0.05) is 12.8 Å².